The van der Waals surface area contributed by atoms with E-state index >= 15 is 0 Å². The number of nitrogens with one attached hydrogen (secondary N) is 2. The molecule has 0 saturated heterocycles. The van der Waals surface area contributed by atoms with Crippen LogP contribution in [0.2, 0.25) is 5.02 Å². The van der Waals surface area contributed by atoms with E-state index in [-0.39, 0.29) is 5.91 Å². The van der Waals surface area contributed by atoms with Crippen LogP contribution in [0.5, 0.6) is 0 Å². The Balaban J connectivity index is 1.75. The number of aromatic nitrogens is 5. The molecule has 1 aromatic carbocycles. The van der Waals surface area contributed by atoms with E-state index in [0.29, 0.717) is 22.5 Å². The van der Waals surface area contributed by atoms with Gasteiger partial charge in [0.15, 0.2) is 5.82 Å². The average molecular weight is 422 g/mol. The number of fused-ring (bicyclic) bond motifs is 1. The summed E-state index contributed by atoms with van der Waals surface area (Å²) in [6.45, 7) is 7.39. The summed E-state index contributed by atoms with van der Waals surface area (Å²) in [4.78, 5) is 20.5. The quantitative estimate of drug-likeness (QED) is 0.469. The summed E-state index contributed by atoms with van der Waals surface area (Å²) in [6, 6.07) is 7.56. The second kappa shape index (κ2) is 7.64. The second-order valence-electron chi connectivity index (χ2n) is 6.89. The number of hydrogen-bond donors (Lipinski definition) is 2. The van der Waals surface area contributed by atoms with Crippen molar-refractivity contribution >= 4 is 45.9 Å². The fraction of sp³-hybridized carbons (Fsp3) is 0.143. The zero-order valence-electron chi connectivity index (χ0n) is 16.8. The van der Waals surface area contributed by atoms with Crippen LogP contribution in [0.15, 0.2) is 49.3 Å². The van der Waals surface area contributed by atoms with Crippen LogP contribution in [-0.2, 0) is 11.8 Å². The topological polar surface area (TPSA) is 89.7 Å². The van der Waals surface area contributed by atoms with Crippen molar-refractivity contribution in [3.05, 3.63) is 65.6 Å². The Kier molecular flexibility index (Phi) is 5.01. The third-order valence-electron chi connectivity index (χ3n) is 4.65. The first kappa shape index (κ1) is 19.7. The van der Waals surface area contributed by atoms with Crippen LogP contribution in [0.4, 0.5) is 17.5 Å². The fourth-order valence-corrected chi connectivity index (χ4v) is 3.45. The highest BCUT2D eigenvalue weighted by Gasteiger charge is 2.14. The van der Waals surface area contributed by atoms with Crippen molar-refractivity contribution in [2.75, 3.05) is 10.6 Å². The molecule has 0 fully saturated rings. The van der Waals surface area contributed by atoms with Crippen LogP contribution in [-0.4, -0.2) is 30.2 Å². The van der Waals surface area contributed by atoms with Gasteiger partial charge < -0.3 is 10.6 Å². The third kappa shape index (κ3) is 3.65. The van der Waals surface area contributed by atoms with Gasteiger partial charge in [0.2, 0.25) is 11.9 Å². The van der Waals surface area contributed by atoms with Gasteiger partial charge in [-0.05, 0) is 43.7 Å². The monoisotopic (exact) mass is 421 g/mol. The number of carbonyl (C=O) groups excluding carboxylic acids is 1. The van der Waals surface area contributed by atoms with Gasteiger partial charge in [-0.2, -0.15) is 10.1 Å². The van der Waals surface area contributed by atoms with Crippen molar-refractivity contribution in [2.45, 2.75) is 13.8 Å². The summed E-state index contributed by atoms with van der Waals surface area (Å²) >= 11 is 6.44. The Bertz CT molecular complexity index is 1290. The van der Waals surface area contributed by atoms with E-state index in [4.69, 9.17) is 11.6 Å². The van der Waals surface area contributed by atoms with E-state index in [9.17, 15) is 4.79 Å². The molecule has 0 aliphatic carbocycles. The van der Waals surface area contributed by atoms with E-state index in [1.54, 1.807) is 10.9 Å². The van der Waals surface area contributed by atoms with Crippen LogP contribution in [0.3, 0.4) is 0 Å². The number of anilines is 3. The van der Waals surface area contributed by atoms with Crippen LogP contribution >= 0.6 is 11.6 Å². The van der Waals surface area contributed by atoms with Gasteiger partial charge in [-0.3, -0.25) is 14.0 Å². The molecule has 30 heavy (non-hydrogen) atoms. The first-order chi connectivity index (χ1) is 14.4. The molecule has 0 saturated carbocycles. The van der Waals surface area contributed by atoms with Crippen LogP contribution in [0.1, 0.15) is 11.3 Å². The highest BCUT2D eigenvalue weighted by atomic mass is 35.5. The van der Waals surface area contributed by atoms with Crippen LogP contribution in [0, 0.1) is 13.8 Å². The lowest BCUT2D eigenvalue weighted by atomic mass is 10.2. The lowest BCUT2D eigenvalue weighted by Crippen LogP contribution is -2.07. The zero-order chi connectivity index (χ0) is 21.4. The van der Waals surface area contributed by atoms with Crippen molar-refractivity contribution in [1.29, 1.82) is 0 Å². The molecular weight excluding hydrogens is 402 g/mol. The Morgan fingerprint density at radius 1 is 1.27 bits per heavy atom. The zero-order valence-corrected chi connectivity index (χ0v) is 17.5. The van der Waals surface area contributed by atoms with Crippen molar-refractivity contribution in [1.82, 2.24) is 24.3 Å². The minimum absolute atomic E-state index is 0.258. The largest absolute Gasteiger partial charge is 0.323 e. The summed E-state index contributed by atoms with van der Waals surface area (Å²) in [5.74, 6) is 1.48. The highest BCUT2D eigenvalue weighted by molar-refractivity contribution is 6.32. The lowest BCUT2D eigenvalue weighted by molar-refractivity contribution is -0.111. The Labute approximate surface area is 178 Å². The normalized spacial score (nSPS) is 10.9. The number of benzene rings is 1. The molecule has 4 aromatic rings. The van der Waals surface area contributed by atoms with Gasteiger partial charge >= 0.3 is 0 Å². The molecule has 0 atom stereocenters. The standard InChI is InChI=1S/C21H20ClN7O/c1-5-19(30)24-14-6-7-17-15(9-14)12(2)11-29(17)20-16(22)10-23-21(26-20)25-18-8-13(3)27-28(18)4/h5-11H,1H2,2-4H3,(H,24,30)(H,23,25,26). The summed E-state index contributed by atoms with van der Waals surface area (Å²) in [5, 5.41) is 11.7. The van der Waals surface area contributed by atoms with E-state index < -0.39 is 0 Å². The molecule has 9 heteroatoms. The molecular formula is C21H20ClN7O. The lowest BCUT2D eigenvalue weighted by Gasteiger charge is -2.10. The van der Waals surface area contributed by atoms with Gasteiger partial charge in [0.1, 0.15) is 10.8 Å². The summed E-state index contributed by atoms with van der Waals surface area (Å²) in [6.07, 6.45) is 4.76. The van der Waals surface area contributed by atoms with E-state index in [2.05, 4.69) is 32.3 Å². The van der Waals surface area contributed by atoms with Crippen molar-refractivity contribution in [3.63, 3.8) is 0 Å². The minimum Gasteiger partial charge on any atom is -0.323 e. The number of halogens is 1. The van der Waals surface area contributed by atoms with Gasteiger partial charge in [-0.15, -0.1) is 0 Å². The molecule has 4 rings (SSSR count). The van der Waals surface area contributed by atoms with Crippen LogP contribution < -0.4 is 10.6 Å². The molecule has 3 heterocycles. The number of hydrogen-bond acceptors (Lipinski definition) is 5. The smallest absolute Gasteiger partial charge is 0.247 e. The fourth-order valence-electron chi connectivity index (χ4n) is 3.27. The van der Waals surface area contributed by atoms with Crippen LogP contribution in [0.25, 0.3) is 16.7 Å². The number of rotatable bonds is 5. The summed E-state index contributed by atoms with van der Waals surface area (Å²) in [7, 11) is 1.84. The molecule has 0 bridgehead atoms. The Morgan fingerprint density at radius 3 is 2.77 bits per heavy atom. The number of nitrogens with zero attached hydrogens (tertiary/aromatic N) is 5. The second-order valence-corrected chi connectivity index (χ2v) is 7.30. The van der Waals surface area contributed by atoms with Gasteiger partial charge in [0, 0.05) is 30.4 Å². The molecule has 1 amide bonds. The predicted octanol–water partition coefficient (Wildman–Crippen LogP) is 4.29. The molecule has 2 N–H and O–H groups in total. The van der Waals surface area contributed by atoms with Gasteiger partial charge in [-0.25, -0.2) is 4.98 Å². The van der Waals surface area contributed by atoms with Crippen molar-refractivity contribution < 1.29 is 4.79 Å². The molecule has 8 nitrogen and oxygen atoms in total. The summed E-state index contributed by atoms with van der Waals surface area (Å²) < 4.78 is 3.63. The number of carbonyl (C=O) groups is 1. The van der Waals surface area contributed by atoms with E-state index in [1.165, 1.54) is 6.08 Å². The first-order valence-electron chi connectivity index (χ1n) is 9.21. The maximum atomic E-state index is 11.6. The maximum Gasteiger partial charge on any atom is 0.247 e. The maximum absolute atomic E-state index is 11.6. The molecule has 0 aliphatic rings. The molecule has 152 valence electrons. The molecule has 0 radical (unpaired) electrons. The molecule has 0 unspecified atom stereocenters. The molecule has 0 aliphatic heterocycles. The SMILES string of the molecule is C=CC(=O)Nc1ccc2c(c1)c(C)cn2-c1nc(Nc2cc(C)nn2C)ncc1Cl. The predicted molar refractivity (Wildman–Crippen MR) is 119 cm³/mol. The first-order valence-corrected chi connectivity index (χ1v) is 9.59. The van der Waals surface area contributed by atoms with E-state index in [1.807, 2.05) is 55.9 Å². The molecule has 3 aromatic heterocycles. The Morgan fingerprint density at radius 2 is 2.07 bits per heavy atom. The van der Waals surface area contributed by atoms with Crippen molar-refractivity contribution in [3.8, 4) is 5.82 Å². The summed E-state index contributed by atoms with van der Waals surface area (Å²) in [5.41, 5.74) is 3.51. The average Bonchev–Trinajstić information content (AvgIpc) is 3.21. The molecule has 0 spiro atoms. The Hall–Kier alpha value is -3.65. The minimum atomic E-state index is -0.258. The number of aryl methyl sites for hydroxylation is 3. The van der Waals surface area contributed by atoms with E-state index in [0.717, 1.165) is 28.0 Å². The van der Waals surface area contributed by atoms with Gasteiger partial charge in [0.25, 0.3) is 0 Å². The van der Waals surface area contributed by atoms with Gasteiger partial charge in [0.05, 0.1) is 17.4 Å². The highest BCUT2D eigenvalue weighted by Crippen LogP contribution is 2.30. The van der Waals surface area contributed by atoms with Crippen molar-refractivity contribution in [2.24, 2.45) is 7.05 Å². The van der Waals surface area contributed by atoms with Gasteiger partial charge in [-0.1, -0.05) is 18.2 Å². The number of amides is 1. The third-order valence-corrected chi connectivity index (χ3v) is 4.92.